The Hall–Kier alpha value is -4.64. The SMILES string of the molecule is C=CCN(CC=C)C1CC(C)(C)C(C=CC(C)=CC=CC(C)=CC=CC=C(C)C=CC=C(C)C=CC2=C(C)C(=O)C(N(CC=C)CC=C)CC2(C)C)=C(C)C1=O. The van der Waals surface area contributed by atoms with E-state index in [2.05, 4.69) is 177 Å². The molecule has 0 spiro atoms. The summed E-state index contributed by atoms with van der Waals surface area (Å²) in [5.74, 6) is 0.384. The zero-order valence-electron chi connectivity index (χ0n) is 36.3. The number of rotatable bonds is 20. The van der Waals surface area contributed by atoms with Gasteiger partial charge in [-0.15, -0.1) is 26.3 Å². The summed E-state index contributed by atoms with van der Waals surface area (Å²) in [6.07, 6.45) is 38.2. The quantitative estimate of drug-likeness (QED) is 0.0917. The highest BCUT2D eigenvalue weighted by Gasteiger charge is 2.41. The molecule has 0 saturated carbocycles. The number of hydrogen-bond acceptors (Lipinski definition) is 4. The Bertz CT molecular complexity index is 1670. The smallest absolute Gasteiger partial charge is 0.176 e. The molecule has 0 N–H and O–H groups in total. The largest absolute Gasteiger partial charge is 0.293 e. The highest BCUT2D eigenvalue weighted by molar-refractivity contribution is 6.02. The normalized spacial score (nSPS) is 21.7. The van der Waals surface area contributed by atoms with Crippen molar-refractivity contribution in [2.24, 2.45) is 10.8 Å². The Morgan fingerprint density at radius 2 is 0.821 bits per heavy atom. The first-order valence-corrected chi connectivity index (χ1v) is 19.9. The number of ketones is 2. The molecule has 56 heavy (non-hydrogen) atoms. The molecule has 0 aromatic heterocycles. The molecule has 0 aliphatic heterocycles. The van der Waals surface area contributed by atoms with Gasteiger partial charge in [-0.05, 0) is 87.5 Å². The van der Waals surface area contributed by atoms with E-state index in [4.69, 9.17) is 0 Å². The zero-order valence-corrected chi connectivity index (χ0v) is 36.3. The van der Waals surface area contributed by atoms with Crippen LogP contribution in [0.3, 0.4) is 0 Å². The lowest BCUT2D eigenvalue weighted by atomic mass is 9.69. The van der Waals surface area contributed by atoms with Crippen molar-refractivity contribution in [1.29, 1.82) is 0 Å². The molecule has 300 valence electrons. The first kappa shape index (κ1) is 47.5. The van der Waals surface area contributed by atoms with Crippen LogP contribution in [0.25, 0.3) is 0 Å². The van der Waals surface area contributed by atoms with Crippen LogP contribution in [0.5, 0.6) is 0 Å². The number of carbonyl (C=O) groups is 2. The molecular weight excluding hydrogens is 685 g/mol. The minimum atomic E-state index is -0.160. The summed E-state index contributed by atoms with van der Waals surface area (Å²) in [6, 6.07) is -0.321. The minimum Gasteiger partial charge on any atom is -0.293 e. The number of allylic oxidation sites excluding steroid dienone is 20. The second-order valence-electron chi connectivity index (χ2n) is 16.5. The Kier molecular flexibility index (Phi) is 19.3. The molecule has 0 aromatic rings. The van der Waals surface area contributed by atoms with E-state index in [0.717, 1.165) is 57.4 Å². The first-order valence-electron chi connectivity index (χ1n) is 19.9. The van der Waals surface area contributed by atoms with Crippen molar-refractivity contribution in [1.82, 2.24) is 9.80 Å². The van der Waals surface area contributed by atoms with E-state index >= 15 is 0 Å². The van der Waals surface area contributed by atoms with Crippen LogP contribution in [-0.2, 0) is 9.59 Å². The van der Waals surface area contributed by atoms with Crippen LogP contribution in [0.2, 0.25) is 0 Å². The van der Waals surface area contributed by atoms with E-state index < -0.39 is 0 Å². The lowest BCUT2D eigenvalue weighted by Crippen LogP contribution is -2.47. The van der Waals surface area contributed by atoms with Crippen LogP contribution in [0.15, 0.2) is 180 Å². The maximum atomic E-state index is 13.4. The molecule has 2 atom stereocenters. The van der Waals surface area contributed by atoms with Crippen molar-refractivity contribution >= 4 is 11.6 Å². The fourth-order valence-corrected chi connectivity index (χ4v) is 7.53. The maximum Gasteiger partial charge on any atom is 0.176 e. The van der Waals surface area contributed by atoms with Gasteiger partial charge in [-0.1, -0.05) is 159 Å². The van der Waals surface area contributed by atoms with E-state index in [1.54, 1.807) is 0 Å². The standard InChI is InChI=1S/C52H70N2O2/c1-15-33-53(34-16-2)47-37-51(11,12)45(43(9)49(47)55)31-29-41(7)27-21-25-39(5)23-19-20-24-40(6)26-22-28-42(8)30-32-46-44(10)50(56)48(38-52(46,13)14)54(35-17-3)36-18-4/h15-32,47-48H,1-4,33-38H2,5-14H3. The van der Waals surface area contributed by atoms with Crippen molar-refractivity contribution in [3.63, 3.8) is 0 Å². The molecule has 2 unspecified atom stereocenters. The average molecular weight is 755 g/mol. The summed E-state index contributed by atoms with van der Waals surface area (Å²) < 4.78 is 0. The van der Waals surface area contributed by atoms with E-state index in [1.165, 1.54) is 0 Å². The molecule has 2 aliphatic carbocycles. The highest BCUT2D eigenvalue weighted by Crippen LogP contribution is 2.42. The second kappa shape index (κ2) is 22.8. The number of Topliss-reactive ketones (excluding diaryl/α,β-unsaturated/α-hetero) is 2. The van der Waals surface area contributed by atoms with Gasteiger partial charge >= 0.3 is 0 Å². The van der Waals surface area contributed by atoms with E-state index in [-0.39, 0.29) is 34.5 Å². The highest BCUT2D eigenvalue weighted by atomic mass is 16.1. The van der Waals surface area contributed by atoms with Gasteiger partial charge in [0, 0.05) is 26.2 Å². The molecule has 2 aliphatic rings. The van der Waals surface area contributed by atoms with Gasteiger partial charge in [-0.3, -0.25) is 19.4 Å². The molecule has 2 rings (SSSR count). The van der Waals surface area contributed by atoms with Crippen LogP contribution >= 0.6 is 0 Å². The predicted octanol–water partition coefficient (Wildman–Crippen LogP) is 12.3. The summed E-state index contributed by atoms with van der Waals surface area (Å²) >= 11 is 0. The maximum absolute atomic E-state index is 13.4. The molecule has 0 saturated heterocycles. The van der Waals surface area contributed by atoms with Gasteiger partial charge in [0.25, 0.3) is 0 Å². The lowest BCUT2D eigenvalue weighted by molar-refractivity contribution is -0.122. The second-order valence-corrected chi connectivity index (χ2v) is 16.5. The number of carbonyl (C=O) groups excluding carboxylic acids is 2. The van der Waals surface area contributed by atoms with Crippen LogP contribution in [-0.4, -0.2) is 59.6 Å². The Morgan fingerprint density at radius 1 is 0.536 bits per heavy atom. The van der Waals surface area contributed by atoms with E-state index in [1.807, 2.05) is 38.2 Å². The van der Waals surface area contributed by atoms with Crippen molar-refractivity contribution in [3.05, 3.63) is 180 Å². The molecule has 0 bridgehead atoms. The van der Waals surface area contributed by atoms with E-state index in [0.29, 0.717) is 26.2 Å². The Labute approximate surface area is 341 Å². The molecule has 0 radical (unpaired) electrons. The van der Waals surface area contributed by atoms with Gasteiger partial charge in [0.1, 0.15) is 0 Å². The molecule has 0 heterocycles. The van der Waals surface area contributed by atoms with Gasteiger partial charge in [0.15, 0.2) is 11.6 Å². The summed E-state index contributed by atoms with van der Waals surface area (Å²) in [6.45, 7) is 39.3. The van der Waals surface area contributed by atoms with Crippen LogP contribution in [0, 0.1) is 10.8 Å². The van der Waals surface area contributed by atoms with Gasteiger partial charge in [-0.25, -0.2) is 0 Å². The predicted molar refractivity (Wildman–Crippen MR) is 244 cm³/mol. The van der Waals surface area contributed by atoms with Crippen LogP contribution in [0.1, 0.15) is 82.1 Å². The molecular formula is C52H70N2O2. The van der Waals surface area contributed by atoms with Crippen molar-refractivity contribution in [2.75, 3.05) is 26.2 Å². The molecule has 0 amide bonds. The summed E-state index contributed by atoms with van der Waals surface area (Å²) in [4.78, 5) is 31.1. The monoisotopic (exact) mass is 755 g/mol. The van der Waals surface area contributed by atoms with E-state index in [9.17, 15) is 9.59 Å². The summed E-state index contributed by atoms with van der Waals surface area (Å²) in [7, 11) is 0. The van der Waals surface area contributed by atoms with Crippen LogP contribution in [0.4, 0.5) is 0 Å². The minimum absolute atomic E-state index is 0.129. The molecule has 4 nitrogen and oxygen atoms in total. The Balaban J connectivity index is 2.03. The van der Waals surface area contributed by atoms with Gasteiger partial charge in [-0.2, -0.15) is 0 Å². The van der Waals surface area contributed by atoms with Gasteiger partial charge < -0.3 is 0 Å². The average Bonchev–Trinajstić information content (AvgIpc) is 3.12. The lowest BCUT2D eigenvalue weighted by Gasteiger charge is -2.41. The van der Waals surface area contributed by atoms with Crippen LogP contribution < -0.4 is 0 Å². The Morgan fingerprint density at radius 3 is 1.12 bits per heavy atom. The van der Waals surface area contributed by atoms with Gasteiger partial charge in [0.05, 0.1) is 12.1 Å². The third kappa shape index (κ3) is 14.1. The third-order valence-electron chi connectivity index (χ3n) is 10.6. The summed E-state index contributed by atoms with van der Waals surface area (Å²) in [5, 5.41) is 0. The van der Waals surface area contributed by atoms with Crippen molar-refractivity contribution in [2.45, 2.75) is 94.2 Å². The summed E-state index contributed by atoms with van der Waals surface area (Å²) in [5.41, 5.74) is 8.14. The van der Waals surface area contributed by atoms with Gasteiger partial charge in [0.2, 0.25) is 0 Å². The molecule has 0 fully saturated rings. The molecule has 0 aromatic carbocycles. The topological polar surface area (TPSA) is 40.6 Å². The fraction of sp³-hybridized carbons (Fsp3) is 0.385. The van der Waals surface area contributed by atoms with Crippen molar-refractivity contribution in [3.8, 4) is 0 Å². The molecule has 4 heteroatoms. The first-order chi connectivity index (χ1) is 26.4. The number of hydrogen-bond donors (Lipinski definition) is 0. The van der Waals surface area contributed by atoms with Crippen molar-refractivity contribution < 1.29 is 9.59 Å². The number of nitrogens with zero attached hydrogens (tertiary/aromatic N) is 2. The third-order valence-corrected chi connectivity index (χ3v) is 10.6. The zero-order chi connectivity index (χ0) is 42.1. The fourth-order valence-electron chi connectivity index (χ4n) is 7.53.